The molecule has 0 spiro atoms. The second-order valence-electron chi connectivity index (χ2n) is 9.68. The Morgan fingerprint density at radius 3 is 2.54 bits per heavy atom. The Balaban J connectivity index is 1.61. The van der Waals surface area contributed by atoms with E-state index < -0.39 is 17.7 Å². The molecule has 1 atom stereocenters. The van der Waals surface area contributed by atoms with Gasteiger partial charge in [-0.3, -0.25) is 4.79 Å². The van der Waals surface area contributed by atoms with Crippen LogP contribution < -0.4 is 15.5 Å². The van der Waals surface area contributed by atoms with Crippen LogP contribution in [0, 0.1) is 11.6 Å². The molecule has 2 fully saturated rings. The Morgan fingerprint density at radius 2 is 1.84 bits per heavy atom. The monoisotopic (exact) mass is 511 g/mol. The second kappa shape index (κ2) is 10.5. The molecule has 2 N–H and O–H groups in total. The number of amides is 3. The Bertz CT molecular complexity index is 1320. The molecule has 5 rings (SSSR count). The van der Waals surface area contributed by atoms with E-state index in [9.17, 15) is 18.4 Å². The van der Waals surface area contributed by atoms with Crippen molar-refractivity contribution in [2.45, 2.75) is 63.1 Å². The van der Waals surface area contributed by atoms with Gasteiger partial charge in [-0.2, -0.15) is 0 Å². The molecule has 3 amide bonds. The summed E-state index contributed by atoms with van der Waals surface area (Å²) in [5.41, 5.74) is 2.52. The fourth-order valence-electron chi connectivity index (χ4n) is 5.62. The molecule has 0 unspecified atom stereocenters. The molecule has 1 aliphatic heterocycles. The highest BCUT2D eigenvalue weighted by Crippen LogP contribution is 2.41. The highest BCUT2D eigenvalue weighted by Gasteiger charge is 2.36. The van der Waals surface area contributed by atoms with E-state index in [1.807, 2.05) is 18.2 Å². The average Bonchev–Trinajstić information content (AvgIpc) is 3.28. The molecule has 2 aromatic carbocycles. The number of aromatic nitrogens is 2. The van der Waals surface area contributed by atoms with E-state index in [0.717, 1.165) is 43.3 Å². The standard InChI is InChI=1S/C27H31F2N5O3/c1-30-27(36)31-16-6-13-23-22(14-16)32-26(34(23)17-7-10-19(37-2)11-8-17)24-4-3-5-25(35)33(24)18-9-12-20(28)21(29)15-18/h6,9,12-15,17,19,24H,3-5,7-8,10-11H2,1-2H3,(H2,30,31,36)/t17?,19?,24-/m0/s1. The van der Waals surface area contributed by atoms with Crippen LogP contribution in [-0.4, -0.2) is 41.8 Å². The van der Waals surface area contributed by atoms with Gasteiger partial charge in [0.15, 0.2) is 11.6 Å². The van der Waals surface area contributed by atoms with Crippen molar-refractivity contribution in [1.29, 1.82) is 0 Å². The molecule has 3 aromatic rings. The van der Waals surface area contributed by atoms with E-state index in [0.29, 0.717) is 42.0 Å². The zero-order valence-corrected chi connectivity index (χ0v) is 21.0. The molecular weight excluding hydrogens is 480 g/mol. The number of piperidine rings is 1. The third-order valence-electron chi connectivity index (χ3n) is 7.47. The topological polar surface area (TPSA) is 88.5 Å². The summed E-state index contributed by atoms with van der Waals surface area (Å²) in [5, 5.41) is 5.32. The molecular formula is C27H31F2N5O3. The van der Waals surface area contributed by atoms with Crippen LogP contribution in [0.1, 0.15) is 62.9 Å². The number of anilines is 2. The van der Waals surface area contributed by atoms with Crippen LogP contribution in [0.5, 0.6) is 0 Å². The summed E-state index contributed by atoms with van der Waals surface area (Å²) in [6.07, 6.45) is 5.46. The number of rotatable bonds is 5. The second-order valence-corrected chi connectivity index (χ2v) is 9.68. The van der Waals surface area contributed by atoms with Gasteiger partial charge >= 0.3 is 6.03 Å². The molecule has 8 nitrogen and oxygen atoms in total. The lowest BCUT2D eigenvalue weighted by Crippen LogP contribution is -2.40. The molecule has 1 saturated heterocycles. The average molecular weight is 512 g/mol. The van der Waals surface area contributed by atoms with Gasteiger partial charge in [0.05, 0.1) is 23.2 Å². The number of nitrogens with zero attached hydrogens (tertiary/aromatic N) is 3. The van der Waals surface area contributed by atoms with Crippen LogP contribution in [-0.2, 0) is 9.53 Å². The fraction of sp³-hybridized carbons (Fsp3) is 0.444. The van der Waals surface area contributed by atoms with Crippen LogP contribution in [0.3, 0.4) is 0 Å². The van der Waals surface area contributed by atoms with Gasteiger partial charge in [-0.05, 0) is 68.9 Å². The summed E-state index contributed by atoms with van der Waals surface area (Å²) < 4.78 is 35.7. The van der Waals surface area contributed by atoms with Gasteiger partial charge in [-0.25, -0.2) is 18.6 Å². The molecule has 37 heavy (non-hydrogen) atoms. The third kappa shape index (κ3) is 4.90. The third-order valence-corrected chi connectivity index (χ3v) is 7.47. The van der Waals surface area contributed by atoms with Gasteiger partial charge in [0.25, 0.3) is 0 Å². The highest BCUT2D eigenvalue weighted by molar-refractivity contribution is 5.95. The van der Waals surface area contributed by atoms with Crippen molar-refractivity contribution in [3.05, 3.63) is 53.9 Å². The van der Waals surface area contributed by atoms with Crippen molar-refractivity contribution in [3.63, 3.8) is 0 Å². The Kier molecular flexibility index (Phi) is 7.10. The summed E-state index contributed by atoms with van der Waals surface area (Å²) >= 11 is 0. The Hall–Kier alpha value is -3.53. The Labute approximate surface area is 214 Å². The smallest absolute Gasteiger partial charge is 0.318 e. The van der Waals surface area contributed by atoms with Crippen LogP contribution in [0.25, 0.3) is 11.0 Å². The molecule has 2 aliphatic rings. The number of benzene rings is 2. The maximum absolute atomic E-state index is 14.2. The molecule has 1 aliphatic carbocycles. The summed E-state index contributed by atoms with van der Waals surface area (Å²) in [6, 6.07) is 8.53. The van der Waals surface area contributed by atoms with Gasteiger partial charge in [0, 0.05) is 44.1 Å². The normalized spacial score (nSPS) is 22.3. The molecule has 1 saturated carbocycles. The van der Waals surface area contributed by atoms with E-state index in [4.69, 9.17) is 9.72 Å². The molecule has 0 bridgehead atoms. The van der Waals surface area contributed by atoms with Crippen molar-refractivity contribution in [2.24, 2.45) is 0 Å². The van der Waals surface area contributed by atoms with Crippen molar-refractivity contribution < 1.29 is 23.1 Å². The number of nitrogens with one attached hydrogen (secondary N) is 2. The number of carbonyl (C=O) groups is 2. The van der Waals surface area contributed by atoms with E-state index in [-0.39, 0.29) is 24.1 Å². The predicted molar refractivity (Wildman–Crippen MR) is 137 cm³/mol. The summed E-state index contributed by atoms with van der Waals surface area (Å²) in [4.78, 5) is 31.6. The SMILES string of the molecule is CNC(=O)Nc1ccc2c(c1)nc([C@@H]1CCCC(=O)N1c1ccc(F)c(F)c1)n2C1CCC(OC)CC1. The zero-order chi connectivity index (χ0) is 26.1. The quantitative estimate of drug-likeness (QED) is 0.477. The van der Waals surface area contributed by atoms with Crippen LogP contribution in [0.2, 0.25) is 0 Å². The molecule has 0 radical (unpaired) electrons. The highest BCUT2D eigenvalue weighted by atomic mass is 19.2. The van der Waals surface area contributed by atoms with Gasteiger partial charge in [-0.15, -0.1) is 0 Å². The van der Waals surface area contributed by atoms with Gasteiger partial charge in [0.2, 0.25) is 5.91 Å². The maximum atomic E-state index is 14.2. The van der Waals surface area contributed by atoms with Gasteiger partial charge < -0.3 is 24.8 Å². The first-order chi connectivity index (χ1) is 17.9. The minimum Gasteiger partial charge on any atom is -0.381 e. The number of fused-ring (bicyclic) bond motifs is 1. The number of imidazole rings is 1. The molecule has 1 aromatic heterocycles. The lowest BCUT2D eigenvalue weighted by Gasteiger charge is -2.37. The lowest BCUT2D eigenvalue weighted by molar-refractivity contribution is -0.120. The molecule has 10 heteroatoms. The Morgan fingerprint density at radius 1 is 1.05 bits per heavy atom. The van der Waals surface area contributed by atoms with E-state index in [2.05, 4.69) is 15.2 Å². The first-order valence-electron chi connectivity index (χ1n) is 12.7. The number of urea groups is 1. The van der Waals surface area contributed by atoms with Gasteiger partial charge in [-0.1, -0.05) is 0 Å². The number of carbonyl (C=O) groups excluding carboxylic acids is 2. The summed E-state index contributed by atoms with van der Waals surface area (Å²) in [5.74, 6) is -1.38. The number of ether oxygens (including phenoxy) is 1. The predicted octanol–water partition coefficient (Wildman–Crippen LogP) is 5.45. The van der Waals surface area contributed by atoms with E-state index in [1.54, 1.807) is 19.1 Å². The zero-order valence-electron chi connectivity index (χ0n) is 21.0. The lowest BCUT2D eigenvalue weighted by atomic mass is 9.92. The number of methoxy groups -OCH3 is 1. The minimum atomic E-state index is -0.995. The molecule has 2 heterocycles. The van der Waals surface area contributed by atoms with Gasteiger partial charge in [0.1, 0.15) is 5.82 Å². The van der Waals surface area contributed by atoms with Crippen molar-refractivity contribution in [1.82, 2.24) is 14.9 Å². The van der Waals surface area contributed by atoms with E-state index in [1.165, 1.54) is 6.07 Å². The maximum Gasteiger partial charge on any atom is 0.318 e. The number of halogens is 2. The molecule has 196 valence electrons. The largest absolute Gasteiger partial charge is 0.381 e. The first-order valence-corrected chi connectivity index (χ1v) is 12.7. The van der Waals surface area contributed by atoms with E-state index >= 15 is 0 Å². The fourth-order valence-corrected chi connectivity index (χ4v) is 5.62. The van der Waals surface area contributed by atoms with Crippen LogP contribution >= 0.6 is 0 Å². The minimum absolute atomic E-state index is 0.146. The number of hydrogen-bond acceptors (Lipinski definition) is 4. The number of hydrogen-bond donors (Lipinski definition) is 2. The first kappa shape index (κ1) is 25.1. The van der Waals surface area contributed by atoms with Crippen molar-refractivity contribution in [3.8, 4) is 0 Å². The summed E-state index contributed by atoms with van der Waals surface area (Å²) in [6.45, 7) is 0. The van der Waals surface area contributed by atoms with Crippen molar-refractivity contribution >= 4 is 34.3 Å². The van der Waals surface area contributed by atoms with Crippen LogP contribution in [0.4, 0.5) is 25.0 Å². The summed E-state index contributed by atoms with van der Waals surface area (Å²) in [7, 11) is 3.28. The van der Waals surface area contributed by atoms with Crippen molar-refractivity contribution in [2.75, 3.05) is 24.4 Å². The van der Waals surface area contributed by atoms with Crippen LogP contribution in [0.15, 0.2) is 36.4 Å².